The Morgan fingerprint density at radius 2 is 2.11 bits per heavy atom. The summed E-state index contributed by atoms with van der Waals surface area (Å²) in [6.07, 6.45) is 0. The van der Waals surface area contributed by atoms with Crippen molar-refractivity contribution < 1.29 is 18.3 Å². The fraction of sp³-hybridized carbons (Fsp3) is 0.600. The van der Waals surface area contributed by atoms with Crippen LogP contribution in [0.1, 0.15) is 12.6 Å². The first-order valence-corrected chi connectivity index (χ1v) is 7.92. The fourth-order valence-corrected chi connectivity index (χ4v) is 5.20. The van der Waals surface area contributed by atoms with Gasteiger partial charge in [0, 0.05) is 18.8 Å². The van der Waals surface area contributed by atoms with Crippen LogP contribution in [-0.4, -0.2) is 41.9 Å². The van der Waals surface area contributed by atoms with E-state index < -0.39 is 26.8 Å². The predicted octanol–water partition coefficient (Wildman–Crippen LogP) is 0.0860. The number of rotatable bonds is 3. The highest BCUT2D eigenvalue weighted by Gasteiger charge is 2.41. The zero-order valence-corrected chi connectivity index (χ0v) is 12.0. The van der Waals surface area contributed by atoms with Crippen molar-refractivity contribution in [1.29, 1.82) is 0 Å². The lowest BCUT2D eigenvalue weighted by molar-refractivity contribution is -0.142. The van der Waals surface area contributed by atoms with Crippen molar-refractivity contribution >= 4 is 27.3 Å². The van der Waals surface area contributed by atoms with Crippen LogP contribution >= 0.6 is 11.3 Å². The number of nitrogens with one attached hydrogen (secondary N) is 1. The van der Waals surface area contributed by atoms with Crippen molar-refractivity contribution in [3.8, 4) is 0 Å². The normalized spacial score (nSPS) is 24.7. The van der Waals surface area contributed by atoms with Gasteiger partial charge in [-0.3, -0.25) is 9.59 Å². The van der Waals surface area contributed by atoms with Crippen LogP contribution in [0.3, 0.4) is 0 Å². The maximum Gasteiger partial charge on any atom is 0.308 e. The monoisotopic (exact) mass is 306 g/mol. The van der Waals surface area contributed by atoms with Crippen molar-refractivity contribution in [2.24, 2.45) is 11.8 Å². The summed E-state index contributed by atoms with van der Waals surface area (Å²) in [5.41, 5.74) is 0.293. The van der Waals surface area contributed by atoms with E-state index in [-0.39, 0.29) is 23.2 Å². The number of carboxylic acid groups (broad SMARTS) is 1. The Morgan fingerprint density at radius 3 is 2.53 bits per heavy atom. The Labute approximate surface area is 113 Å². The number of thiazole rings is 1. The molecule has 2 heterocycles. The fourth-order valence-electron chi connectivity index (χ4n) is 2.19. The van der Waals surface area contributed by atoms with Crippen molar-refractivity contribution in [3.63, 3.8) is 0 Å². The third-order valence-electron chi connectivity index (χ3n) is 3.25. The maximum atomic E-state index is 12.4. The summed E-state index contributed by atoms with van der Waals surface area (Å²) in [5, 5.41) is 9.02. The largest absolute Gasteiger partial charge is 0.481 e. The average Bonchev–Trinajstić information content (AvgIpc) is 2.82. The predicted molar refractivity (Wildman–Crippen MR) is 68.7 cm³/mol. The van der Waals surface area contributed by atoms with Gasteiger partial charge in [-0.05, 0) is 12.8 Å². The molecule has 1 aromatic rings. The number of hydrogen-bond acceptors (Lipinski definition) is 5. The van der Waals surface area contributed by atoms with Gasteiger partial charge in [-0.15, -0.1) is 0 Å². The number of aliphatic carboxylic acids is 1. The van der Waals surface area contributed by atoms with E-state index in [1.165, 1.54) is 6.92 Å². The smallest absolute Gasteiger partial charge is 0.308 e. The van der Waals surface area contributed by atoms with Crippen LogP contribution in [-0.2, 0) is 14.8 Å². The van der Waals surface area contributed by atoms with E-state index in [1.807, 2.05) is 0 Å². The van der Waals surface area contributed by atoms with Crippen LogP contribution in [0, 0.1) is 18.8 Å². The van der Waals surface area contributed by atoms with Crippen molar-refractivity contribution in [3.05, 3.63) is 15.4 Å². The van der Waals surface area contributed by atoms with Gasteiger partial charge >= 0.3 is 10.8 Å². The third-order valence-corrected chi connectivity index (χ3v) is 6.67. The van der Waals surface area contributed by atoms with Gasteiger partial charge in [-0.1, -0.05) is 18.3 Å². The molecule has 0 aliphatic carbocycles. The standard InChI is InChI=1S/C10H14N2O5S2/c1-5-3-12(4-7(5)8(13)14)19(16,17)9-6(2)11-10(15)18-9/h5,7H,3-4H2,1-2H3,(H,11,15)(H,13,14). The van der Waals surface area contributed by atoms with E-state index in [4.69, 9.17) is 5.11 Å². The van der Waals surface area contributed by atoms with E-state index >= 15 is 0 Å². The zero-order chi connectivity index (χ0) is 14.4. The van der Waals surface area contributed by atoms with Gasteiger partial charge in [-0.2, -0.15) is 4.31 Å². The Bertz CT molecular complexity index is 660. The van der Waals surface area contributed by atoms with Gasteiger partial charge < -0.3 is 10.1 Å². The topological polar surface area (TPSA) is 108 Å². The van der Waals surface area contributed by atoms with E-state index in [9.17, 15) is 18.0 Å². The molecule has 1 fully saturated rings. The number of carboxylic acids is 1. The molecule has 1 aliphatic heterocycles. The Hall–Kier alpha value is -1.19. The van der Waals surface area contributed by atoms with Crippen LogP contribution in [0.5, 0.6) is 0 Å². The van der Waals surface area contributed by atoms with Crippen molar-refractivity contribution in [2.45, 2.75) is 18.1 Å². The summed E-state index contributed by atoms with van der Waals surface area (Å²) in [7, 11) is -3.79. The molecule has 2 unspecified atom stereocenters. The molecule has 2 atom stereocenters. The lowest BCUT2D eigenvalue weighted by Crippen LogP contribution is -2.30. The molecule has 1 aromatic heterocycles. The molecule has 0 bridgehead atoms. The van der Waals surface area contributed by atoms with Crippen LogP contribution in [0.2, 0.25) is 0 Å². The highest BCUT2D eigenvalue weighted by atomic mass is 32.2. The molecule has 7 nitrogen and oxygen atoms in total. The molecule has 9 heteroatoms. The number of aromatic amines is 1. The number of H-pyrrole nitrogens is 1. The minimum atomic E-state index is -3.79. The molecular weight excluding hydrogens is 292 g/mol. The molecular formula is C10H14N2O5S2. The minimum Gasteiger partial charge on any atom is -0.481 e. The molecule has 0 amide bonds. The van der Waals surface area contributed by atoms with Crippen molar-refractivity contribution in [2.75, 3.05) is 13.1 Å². The zero-order valence-electron chi connectivity index (χ0n) is 10.4. The van der Waals surface area contributed by atoms with E-state index in [2.05, 4.69) is 4.98 Å². The number of aryl methyl sites for hydroxylation is 1. The molecule has 1 saturated heterocycles. The number of carbonyl (C=O) groups is 1. The molecule has 0 aromatic carbocycles. The summed E-state index contributed by atoms with van der Waals surface area (Å²) >= 11 is 0.631. The SMILES string of the molecule is Cc1[nH]c(=O)sc1S(=O)(=O)N1CC(C)C(C(=O)O)C1. The highest BCUT2D eigenvalue weighted by Crippen LogP contribution is 2.30. The van der Waals surface area contributed by atoms with Gasteiger partial charge in [0.2, 0.25) is 0 Å². The molecule has 19 heavy (non-hydrogen) atoms. The molecule has 106 valence electrons. The van der Waals surface area contributed by atoms with Crippen LogP contribution in [0.4, 0.5) is 0 Å². The van der Waals surface area contributed by atoms with Gasteiger partial charge in [-0.25, -0.2) is 8.42 Å². The first-order valence-electron chi connectivity index (χ1n) is 5.66. The van der Waals surface area contributed by atoms with E-state index in [0.717, 1.165) is 4.31 Å². The average molecular weight is 306 g/mol. The van der Waals surface area contributed by atoms with Crippen LogP contribution < -0.4 is 4.87 Å². The van der Waals surface area contributed by atoms with Crippen LogP contribution in [0.25, 0.3) is 0 Å². The maximum absolute atomic E-state index is 12.4. The van der Waals surface area contributed by atoms with E-state index in [0.29, 0.717) is 17.0 Å². The third kappa shape index (κ3) is 2.45. The van der Waals surface area contributed by atoms with Crippen molar-refractivity contribution in [1.82, 2.24) is 9.29 Å². The molecule has 0 radical (unpaired) electrons. The molecule has 2 rings (SSSR count). The summed E-state index contributed by atoms with van der Waals surface area (Å²) < 4.78 is 25.8. The van der Waals surface area contributed by atoms with Gasteiger partial charge in [0.05, 0.1) is 5.92 Å². The minimum absolute atomic E-state index is 0.0317. The number of aromatic nitrogens is 1. The summed E-state index contributed by atoms with van der Waals surface area (Å²) in [4.78, 5) is 24.2. The van der Waals surface area contributed by atoms with Crippen LogP contribution in [0.15, 0.2) is 9.00 Å². The molecule has 2 N–H and O–H groups in total. The first-order chi connectivity index (χ1) is 8.73. The molecule has 0 saturated carbocycles. The summed E-state index contributed by atoms with van der Waals surface area (Å²) in [6, 6.07) is 0. The lowest BCUT2D eigenvalue weighted by Gasteiger charge is -2.14. The summed E-state index contributed by atoms with van der Waals surface area (Å²) in [6.45, 7) is 3.33. The molecule has 0 spiro atoms. The quantitative estimate of drug-likeness (QED) is 0.822. The number of sulfonamides is 1. The highest BCUT2D eigenvalue weighted by molar-refractivity contribution is 7.91. The Balaban J connectivity index is 2.35. The van der Waals surface area contributed by atoms with Gasteiger partial charge in [0.15, 0.2) is 4.21 Å². The Kier molecular flexibility index (Phi) is 3.54. The second-order valence-electron chi connectivity index (χ2n) is 4.67. The number of nitrogens with zero attached hydrogens (tertiary/aromatic N) is 1. The second-order valence-corrected chi connectivity index (χ2v) is 7.79. The molecule has 1 aliphatic rings. The number of hydrogen-bond donors (Lipinski definition) is 2. The van der Waals surface area contributed by atoms with Gasteiger partial charge in [0.25, 0.3) is 10.0 Å². The summed E-state index contributed by atoms with van der Waals surface area (Å²) in [5.74, 6) is -1.95. The Morgan fingerprint density at radius 1 is 1.47 bits per heavy atom. The van der Waals surface area contributed by atoms with E-state index in [1.54, 1.807) is 6.92 Å². The lowest BCUT2D eigenvalue weighted by atomic mass is 9.99. The first kappa shape index (κ1) is 14.2. The van der Waals surface area contributed by atoms with Gasteiger partial charge in [0.1, 0.15) is 0 Å². The second kappa shape index (κ2) is 4.73.